The summed E-state index contributed by atoms with van der Waals surface area (Å²) in [5, 5.41) is 0. The van der Waals surface area contributed by atoms with Crippen LogP contribution in [0.3, 0.4) is 0 Å². The third kappa shape index (κ3) is 1.41. The van der Waals surface area contributed by atoms with Gasteiger partial charge in [0.05, 0.1) is 0 Å². The summed E-state index contributed by atoms with van der Waals surface area (Å²) in [7, 11) is 0. The molecule has 2 heteroatoms. The lowest BCUT2D eigenvalue weighted by atomic mass is 9.49. The molecule has 98 valence electrons. The van der Waals surface area contributed by atoms with Crippen LogP contribution in [0.15, 0.2) is 11.1 Å². The van der Waals surface area contributed by atoms with E-state index in [1.54, 1.807) is 0 Å². The molecule has 0 saturated heterocycles. The molecule has 2 unspecified atom stereocenters. The van der Waals surface area contributed by atoms with Crippen molar-refractivity contribution in [1.82, 2.24) is 0 Å². The van der Waals surface area contributed by atoms with Gasteiger partial charge >= 0.3 is 0 Å². The van der Waals surface area contributed by atoms with Crippen LogP contribution in [0.2, 0.25) is 0 Å². The summed E-state index contributed by atoms with van der Waals surface area (Å²) in [6, 6.07) is 0. The quantitative estimate of drug-likeness (QED) is 0.657. The SMILES string of the molecule is CC1(C)CCC(=O)C2=C1C1CC(C)(C)C2CC1=O. The lowest BCUT2D eigenvalue weighted by Crippen LogP contribution is -2.50. The highest BCUT2D eigenvalue weighted by Crippen LogP contribution is 2.59. The summed E-state index contributed by atoms with van der Waals surface area (Å²) < 4.78 is 0. The molecule has 1 fully saturated rings. The Balaban J connectivity index is 2.23. The third-order valence-electron chi connectivity index (χ3n) is 5.46. The molecule has 0 aromatic carbocycles. The van der Waals surface area contributed by atoms with Crippen molar-refractivity contribution in [3.05, 3.63) is 11.1 Å². The Kier molecular flexibility index (Phi) is 2.25. The Bertz CT molecular complexity index is 479. The van der Waals surface area contributed by atoms with Gasteiger partial charge in [0.25, 0.3) is 0 Å². The lowest BCUT2D eigenvalue weighted by Gasteiger charge is -2.54. The minimum Gasteiger partial charge on any atom is -0.299 e. The zero-order chi connectivity index (χ0) is 13.3. The van der Waals surface area contributed by atoms with E-state index in [9.17, 15) is 9.59 Å². The molecule has 0 aromatic heterocycles. The fourth-order valence-electron chi connectivity index (χ4n) is 4.41. The van der Waals surface area contributed by atoms with Gasteiger partial charge in [0.15, 0.2) is 5.78 Å². The topological polar surface area (TPSA) is 34.1 Å². The highest BCUT2D eigenvalue weighted by Gasteiger charge is 2.55. The average molecular weight is 246 g/mol. The minimum atomic E-state index is 0.0271. The molecule has 0 aromatic rings. The van der Waals surface area contributed by atoms with Crippen molar-refractivity contribution < 1.29 is 9.59 Å². The highest BCUT2D eigenvalue weighted by molar-refractivity contribution is 6.03. The number of hydrogen-bond donors (Lipinski definition) is 0. The second-order valence-corrected chi connectivity index (χ2v) is 7.60. The number of carbonyl (C=O) groups excluding carboxylic acids is 2. The van der Waals surface area contributed by atoms with Crippen molar-refractivity contribution in [1.29, 1.82) is 0 Å². The molecule has 0 spiro atoms. The number of hydrogen-bond acceptors (Lipinski definition) is 2. The largest absolute Gasteiger partial charge is 0.299 e. The maximum atomic E-state index is 12.3. The van der Waals surface area contributed by atoms with Crippen LogP contribution < -0.4 is 0 Å². The fourth-order valence-corrected chi connectivity index (χ4v) is 4.41. The Morgan fingerprint density at radius 1 is 1.11 bits per heavy atom. The second-order valence-electron chi connectivity index (χ2n) is 7.60. The number of allylic oxidation sites excluding steroid dienone is 2. The van der Waals surface area contributed by atoms with Gasteiger partial charge in [-0.05, 0) is 40.7 Å². The molecule has 0 amide bonds. The molecule has 4 aliphatic carbocycles. The molecular weight excluding hydrogens is 224 g/mol. The summed E-state index contributed by atoms with van der Waals surface area (Å²) in [5.41, 5.74) is 2.41. The summed E-state index contributed by atoms with van der Waals surface area (Å²) in [5.74, 6) is 0.900. The predicted octanol–water partition coefficient (Wildman–Crippen LogP) is 3.31. The van der Waals surface area contributed by atoms with Crippen LogP contribution in [-0.4, -0.2) is 11.6 Å². The van der Waals surface area contributed by atoms with Crippen molar-refractivity contribution >= 4 is 11.6 Å². The molecule has 18 heavy (non-hydrogen) atoms. The Morgan fingerprint density at radius 3 is 2.44 bits per heavy atom. The fraction of sp³-hybridized carbons (Fsp3) is 0.750. The van der Waals surface area contributed by atoms with E-state index in [1.165, 1.54) is 5.57 Å². The lowest BCUT2D eigenvalue weighted by molar-refractivity contribution is -0.131. The number of ketones is 2. The van der Waals surface area contributed by atoms with Gasteiger partial charge in [-0.15, -0.1) is 0 Å². The Morgan fingerprint density at radius 2 is 1.78 bits per heavy atom. The molecule has 4 rings (SSSR count). The van der Waals surface area contributed by atoms with Crippen LogP contribution in [0.25, 0.3) is 0 Å². The van der Waals surface area contributed by atoms with E-state index in [1.807, 2.05) is 0 Å². The van der Waals surface area contributed by atoms with Gasteiger partial charge in [-0.3, -0.25) is 9.59 Å². The molecule has 1 saturated carbocycles. The first-order valence-electron chi connectivity index (χ1n) is 7.04. The van der Waals surface area contributed by atoms with Crippen LogP contribution in [-0.2, 0) is 9.59 Å². The molecule has 0 radical (unpaired) electrons. The summed E-state index contributed by atoms with van der Waals surface area (Å²) in [6.45, 7) is 8.84. The van der Waals surface area contributed by atoms with Gasteiger partial charge in [0.1, 0.15) is 5.78 Å². The number of fused-ring (bicyclic) bond motifs is 2. The molecule has 0 aliphatic heterocycles. The monoisotopic (exact) mass is 246 g/mol. The molecule has 2 atom stereocenters. The average Bonchev–Trinajstić information content (AvgIpc) is 2.24. The van der Waals surface area contributed by atoms with E-state index in [2.05, 4.69) is 27.7 Å². The van der Waals surface area contributed by atoms with Crippen molar-refractivity contribution in [2.24, 2.45) is 22.7 Å². The Labute approximate surface area is 109 Å². The van der Waals surface area contributed by atoms with Crippen LogP contribution in [0.4, 0.5) is 0 Å². The first kappa shape index (κ1) is 12.1. The third-order valence-corrected chi connectivity index (χ3v) is 5.46. The highest BCUT2D eigenvalue weighted by atomic mass is 16.1. The first-order chi connectivity index (χ1) is 8.24. The maximum absolute atomic E-state index is 12.3. The van der Waals surface area contributed by atoms with Gasteiger partial charge in [-0.1, -0.05) is 27.7 Å². The first-order valence-corrected chi connectivity index (χ1v) is 7.04. The molecule has 0 N–H and O–H groups in total. The number of carbonyl (C=O) groups is 2. The zero-order valence-corrected chi connectivity index (χ0v) is 11.8. The standard InChI is InChI=1S/C16H22O2/c1-15(2)6-5-11(17)13-10-7-12(18)9(14(13)15)8-16(10,3)4/h9-10H,5-8H2,1-4H3. The van der Waals surface area contributed by atoms with E-state index >= 15 is 0 Å². The molecule has 2 nitrogen and oxygen atoms in total. The van der Waals surface area contributed by atoms with Crippen LogP contribution in [0.1, 0.15) is 53.4 Å². The molecule has 2 bridgehead atoms. The number of Topliss-reactive ketones (excluding diaryl/α,β-unsaturated/α-hetero) is 2. The van der Waals surface area contributed by atoms with Crippen LogP contribution in [0, 0.1) is 22.7 Å². The van der Waals surface area contributed by atoms with E-state index in [4.69, 9.17) is 0 Å². The van der Waals surface area contributed by atoms with Gasteiger partial charge in [0, 0.05) is 18.8 Å². The number of rotatable bonds is 0. The summed E-state index contributed by atoms with van der Waals surface area (Å²) >= 11 is 0. The molecule has 4 aliphatic rings. The molecular formula is C16H22O2. The van der Waals surface area contributed by atoms with Crippen molar-refractivity contribution in [3.8, 4) is 0 Å². The van der Waals surface area contributed by atoms with Gasteiger partial charge in [-0.25, -0.2) is 0 Å². The zero-order valence-electron chi connectivity index (χ0n) is 11.8. The maximum Gasteiger partial charge on any atom is 0.159 e. The summed E-state index contributed by atoms with van der Waals surface area (Å²) in [4.78, 5) is 24.6. The van der Waals surface area contributed by atoms with Crippen molar-refractivity contribution in [2.75, 3.05) is 0 Å². The van der Waals surface area contributed by atoms with Gasteiger partial charge < -0.3 is 0 Å². The predicted molar refractivity (Wildman–Crippen MR) is 70.1 cm³/mol. The van der Waals surface area contributed by atoms with E-state index in [0.29, 0.717) is 24.4 Å². The van der Waals surface area contributed by atoms with Crippen LogP contribution >= 0.6 is 0 Å². The van der Waals surface area contributed by atoms with Crippen molar-refractivity contribution in [3.63, 3.8) is 0 Å². The van der Waals surface area contributed by atoms with E-state index < -0.39 is 0 Å². The smallest absolute Gasteiger partial charge is 0.159 e. The molecule has 0 heterocycles. The second kappa shape index (κ2) is 3.34. The summed E-state index contributed by atoms with van der Waals surface area (Å²) in [6.07, 6.45) is 3.10. The normalized spacial score (nSPS) is 36.9. The minimum absolute atomic E-state index is 0.0271. The van der Waals surface area contributed by atoms with Gasteiger partial charge in [0.2, 0.25) is 0 Å². The van der Waals surface area contributed by atoms with Crippen LogP contribution in [0.5, 0.6) is 0 Å². The van der Waals surface area contributed by atoms with Gasteiger partial charge in [-0.2, -0.15) is 0 Å². The van der Waals surface area contributed by atoms with E-state index in [0.717, 1.165) is 18.4 Å². The van der Waals surface area contributed by atoms with E-state index in [-0.39, 0.29) is 22.7 Å². The Hall–Kier alpha value is -0.920. The van der Waals surface area contributed by atoms with Crippen molar-refractivity contribution in [2.45, 2.75) is 53.4 Å².